The van der Waals surface area contributed by atoms with Gasteiger partial charge in [-0.25, -0.2) is 10.2 Å². The molecule has 30 heavy (non-hydrogen) atoms. The Hall–Kier alpha value is -3.39. The highest BCUT2D eigenvalue weighted by Gasteiger charge is 2.35. The maximum Gasteiger partial charge on any atom is 0.336 e. The molecule has 2 aromatic carbocycles. The van der Waals surface area contributed by atoms with E-state index in [4.69, 9.17) is 5.73 Å². The van der Waals surface area contributed by atoms with Crippen LogP contribution in [0.15, 0.2) is 60.7 Å². The van der Waals surface area contributed by atoms with E-state index >= 15 is 0 Å². The van der Waals surface area contributed by atoms with Crippen LogP contribution in [0.1, 0.15) is 36.9 Å². The molecule has 4 amide bonds. The van der Waals surface area contributed by atoms with Gasteiger partial charge in [0, 0.05) is 6.54 Å². The Kier molecular flexibility index (Phi) is 7.03. The van der Waals surface area contributed by atoms with Crippen molar-refractivity contribution in [1.82, 2.24) is 21.1 Å². The lowest BCUT2D eigenvalue weighted by Gasteiger charge is -2.27. The molecule has 8 nitrogen and oxygen atoms in total. The van der Waals surface area contributed by atoms with E-state index in [2.05, 4.69) is 16.2 Å². The van der Waals surface area contributed by atoms with Gasteiger partial charge in [-0.2, -0.15) is 0 Å². The van der Waals surface area contributed by atoms with Crippen LogP contribution < -0.4 is 21.9 Å². The normalized spacial score (nSPS) is 16.8. The molecule has 0 saturated carbocycles. The van der Waals surface area contributed by atoms with Gasteiger partial charge in [-0.15, -0.1) is 0 Å². The van der Waals surface area contributed by atoms with Gasteiger partial charge < -0.3 is 16.0 Å². The second kappa shape index (κ2) is 9.89. The SMILES string of the molecule is C[C@H](N)C(=O)NNC(=O)N1CCC[C@H]1C(=O)NC(c1ccccc1)c1ccccc1. The molecular weight excluding hydrogens is 382 g/mol. The van der Waals surface area contributed by atoms with Gasteiger partial charge >= 0.3 is 6.03 Å². The van der Waals surface area contributed by atoms with Gasteiger partial charge in [0.05, 0.1) is 12.1 Å². The number of likely N-dealkylation sites (tertiary alicyclic amines) is 1. The molecule has 0 radical (unpaired) electrons. The maximum atomic E-state index is 13.1. The number of hydrogen-bond acceptors (Lipinski definition) is 4. The van der Waals surface area contributed by atoms with Crippen LogP contribution in [0.25, 0.3) is 0 Å². The molecule has 1 saturated heterocycles. The summed E-state index contributed by atoms with van der Waals surface area (Å²) in [5.41, 5.74) is 12.0. The summed E-state index contributed by atoms with van der Waals surface area (Å²) in [7, 11) is 0. The van der Waals surface area contributed by atoms with Crippen LogP contribution in [-0.4, -0.2) is 41.4 Å². The van der Waals surface area contributed by atoms with Crippen molar-refractivity contribution in [3.05, 3.63) is 71.8 Å². The molecule has 0 bridgehead atoms. The first-order valence-electron chi connectivity index (χ1n) is 9.99. The van der Waals surface area contributed by atoms with Crippen molar-refractivity contribution >= 4 is 17.8 Å². The highest BCUT2D eigenvalue weighted by molar-refractivity contribution is 5.89. The molecule has 1 aliphatic heterocycles. The second-order valence-electron chi connectivity index (χ2n) is 7.32. The number of carbonyl (C=O) groups excluding carboxylic acids is 3. The molecule has 2 atom stereocenters. The molecule has 8 heteroatoms. The van der Waals surface area contributed by atoms with Gasteiger partial charge in [0.15, 0.2) is 0 Å². The predicted octanol–water partition coefficient (Wildman–Crippen LogP) is 1.44. The number of nitrogens with one attached hydrogen (secondary N) is 3. The third-order valence-electron chi connectivity index (χ3n) is 5.07. The van der Waals surface area contributed by atoms with Crippen molar-refractivity contribution in [3.8, 4) is 0 Å². The molecule has 2 aromatic rings. The number of carbonyl (C=O) groups is 3. The predicted molar refractivity (Wildman–Crippen MR) is 113 cm³/mol. The van der Waals surface area contributed by atoms with Gasteiger partial charge in [-0.3, -0.25) is 15.0 Å². The Morgan fingerprint density at radius 3 is 2.07 bits per heavy atom. The quantitative estimate of drug-likeness (QED) is 0.559. The lowest BCUT2D eigenvalue weighted by molar-refractivity contribution is -0.125. The van der Waals surface area contributed by atoms with E-state index in [1.807, 2.05) is 60.7 Å². The summed E-state index contributed by atoms with van der Waals surface area (Å²) in [6, 6.07) is 17.2. The van der Waals surface area contributed by atoms with Crippen LogP contribution in [0.4, 0.5) is 4.79 Å². The number of hydrazine groups is 1. The summed E-state index contributed by atoms with van der Waals surface area (Å²) in [5, 5.41) is 3.09. The Bertz CT molecular complexity index is 833. The Morgan fingerprint density at radius 1 is 0.967 bits per heavy atom. The minimum Gasteiger partial charge on any atom is -0.343 e. The zero-order chi connectivity index (χ0) is 21.5. The summed E-state index contributed by atoms with van der Waals surface area (Å²) in [5.74, 6) is -0.740. The van der Waals surface area contributed by atoms with E-state index in [9.17, 15) is 14.4 Å². The zero-order valence-corrected chi connectivity index (χ0v) is 16.9. The van der Waals surface area contributed by atoms with Gasteiger partial charge in [-0.1, -0.05) is 60.7 Å². The highest BCUT2D eigenvalue weighted by atomic mass is 16.2. The number of amides is 4. The standard InChI is InChI=1S/C22H27N5O3/c1-15(23)20(28)25-26-22(30)27-14-8-13-18(27)21(29)24-19(16-9-4-2-5-10-16)17-11-6-3-7-12-17/h2-7,9-12,15,18-19H,8,13-14,23H2,1H3,(H,24,29)(H,25,28)(H,26,30)/t15-,18-/m0/s1. The molecule has 0 spiro atoms. The molecular formula is C22H27N5O3. The second-order valence-corrected chi connectivity index (χ2v) is 7.32. The van der Waals surface area contributed by atoms with Crippen LogP contribution in [0.3, 0.4) is 0 Å². The van der Waals surface area contributed by atoms with Crippen LogP contribution in [-0.2, 0) is 9.59 Å². The first-order chi connectivity index (χ1) is 14.5. The lowest BCUT2D eigenvalue weighted by Crippen LogP contribution is -2.55. The van der Waals surface area contributed by atoms with Crippen LogP contribution in [0.5, 0.6) is 0 Å². The number of urea groups is 1. The number of nitrogens with zero attached hydrogens (tertiary/aromatic N) is 1. The molecule has 1 heterocycles. The smallest absolute Gasteiger partial charge is 0.336 e. The Labute approximate surface area is 175 Å². The van der Waals surface area contributed by atoms with Crippen molar-refractivity contribution in [1.29, 1.82) is 0 Å². The Balaban J connectivity index is 1.72. The van der Waals surface area contributed by atoms with E-state index < -0.39 is 24.0 Å². The van der Waals surface area contributed by atoms with E-state index in [1.165, 1.54) is 11.8 Å². The first kappa shape index (κ1) is 21.3. The third-order valence-corrected chi connectivity index (χ3v) is 5.07. The minimum absolute atomic E-state index is 0.237. The summed E-state index contributed by atoms with van der Waals surface area (Å²) in [6.45, 7) is 1.94. The molecule has 158 valence electrons. The fourth-order valence-electron chi connectivity index (χ4n) is 3.47. The average Bonchev–Trinajstić information content (AvgIpc) is 3.27. The van der Waals surface area contributed by atoms with Crippen LogP contribution in [0.2, 0.25) is 0 Å². The lowest BCUT2D eigenvalue weighted by atomic mass is 9.98. The summed E-state index contributed by atoms with van der Waals surface area (Å²) in [6.07, 6.45) is 1.25. The van der Waals surface area contributed by atoms with Crippen molar-refractivity contribution in [3.63, 3.8) is 0 Å². The molecule has 1 aliphatic rings. The number of nitrogens with two attached hydrogens (primary N) is 1. The highest BCUT2D eigenvalue weighted by Crippen LogP contribution is 2.24. The summed E-state index contributed by atoms with van der Waals surface area (Å²) in [4.78, 5) is 38.6. The molecule has 3 rings (SSSR count). The average molecular weight is 409 g/mol. The van der Waals surface area contributed by atoms with Gasteiger partial charge in [-0.05, 0) is 30.9 Å². The molecule has 0 aliphatic carbocycles. The Morgan fingerprint density at radius 2 is 1.53 bits per heavy atom. The maximum absolute atomic E-state index is 13.1. The number of hydrogen-bond donors (Lipinski definition) is 4. The first-order valence-corrected chi connectivity index (χ1v) is 9.99. The van der Waals surface area contributed by atoms with E-state index in [1.54, 1.807) is 0 Å². The largest absolute Gasteiger partial charge is 0.343 e. The third kappa shape index (κ3) is 5.15. The number of benzene rings is 2. The minimum atomic E-state index is -0.750. The van der Waals surface area contributed by atoms with Crippen molar-refractivity contribution in [2.75, 3.05) is 6.54 Å². The van der Waals surface area contributed by atoms with E-state index in [0.717, 1.165) is 11.1 Å². The molecule has 1 fully saturated rings. The van der Waals surface area contributed by atoms with Crippen molar-refractivity contribution in [2.24, 2.45) is 5.73 Å². The van der Waals surface area contributed by atoms with Crippen LogP contribution in [0, 0.1) is 0 Å². The zero-order valence-electron chi connectivity index (χ0n) is 16.9. The van der Waals surface area contributed by atoms with Crippen LogP contribution >= 0.6 is 0 Å². The van der Waals surface area contributed by atoms with Crippen molar-refractivity contribution < 1.29 is 14.4 Å². The van der Waals surface area contributed by atoms with E-state index in [-0.39, 0.29) is 11.9 Å². The van der Waals surface area contributed by atoms with Crippen molar-refractivity contribution in [2.45, 2.75) is 37.9 Å². The summed E-state index contributed by atoms with van der Waals surface area (Å²) < 4.78 is 0. The number of rotatable bonds is 5. The monoisotopic (exact) mass is 409 g/mol. The van der Waals surface area contributed by atoms with Gasteiger partial charge in [0.1, 0.15) is 6.04 Å². The topological polar surface area (TPSA) is 117 Å². The summed E-state index contributed by atoms with van der Waals surface area (Å²) >= 11 is 0. The van der Waals surface area contributed by atoms with Gasteiger partial charge in [0.2, 0.25) is 5.91 Å². The van der Waals surface area contributed by atoms with E-state index in [0.29, 0.717) is 19.4 Å². The fraction of sp³-hybridized carbons (Fsp3) is 0.318. The molecule has 0 unspecified atom stereocenters. The van der Waals surface area contributed by atoms with Gasteiger partial charge in [0.25, 0.3) is 5.91 Å². The molecule has 0 aromatic heterocycles. The molecule has 5 N–H and O–H groups in total. The fourth-order valence-corrected chi connectivity index (χ4v) is 3.47.